The zero-order chi connectivity index (χ0) is 14.4. The molecule has 1 aromatic heterocycles. The summed E-state index contributed by atoms with van der Waals surface area (Å²) < 4.78 is 1.06. The Morgan fingerprint density at radius 1 is 1.05 bits per heavy atom. The van der Waals surface area contributed by atoms with Crippen molar-refractivity contribution in [2.24, 2.45) is 0 Å². The van der Waals surface area contributed by atoms with Crippen molar-refractivity contribution < 1.29 is 0 Å². The van der Waals surface area contributed by atoms with E-state index in [1.807, 2.05) is 36.4 Å². The number of anilines is 1. The molecule has 106 valence electrons. The second-order valence-electron chi connectivity index (χ2n) is 4.89. The molecule has 1 aromatic carbocycles. The Labute approximate surface area is 128 Å². The van der Waals surface area contributed by atoms with Crippen LogP contribution in [0.1, 0.15) is 6.42 Å². The Bertz CT molecular complexity index is 523. The van der Waals surface area contributed by atoms with Crippen LogP contribution in [-0.4, -0.2) is 42.3 Å². The topological polar surface area (TPSA) is 41.0 Å². The van der Waals surface area contributed by atoms with Gasteiger partial charge >= 0.3 is 0 Å². The fraction of sp³-hybridized carbons (Fsp3) is 0.333. The molecule has 0 unspecified atom stereocenters. The maximum atomic E-state index is 4.25. The smallest absolute Gasteiger partial charge is 0.148 e. The maximum absolute atomic E-state index is 4.25. The van der Waals surface area contributed by atoms with Gasteiger partial charge in [0, 0.05) is 16.6 Å². The molecule has 0 saturated carbocycles. The van der Waals surface area contributed by atoms with E-state index in [1.54, 1.807) is 0 Å². The largest absolute Gasteiger partial charge is 0.369 e. The molecule has 2 rings (SSSR count). The highest BCUT2D eigenvalue weighted by Gasteiger charge is 2.01. The van der Waals surface area contributed by atoms with E-state index < -0.39 is 0 Å². The van der Waals surface area contributed by atoms with E-state index in [9.17, 15) is 0 Å². The first-order valence-corrected chi connectivity index (χ1v) is 7.43. The summed E-state index contributed by atoms with van der Waals surface area (Å²) in [5, 5.41) is 11.7. The Morgan fingerprint density at radius 2 is 1.80 bits per heavy atom. The molecule has 0 spiro atoms. The highest BCUT2D eigenvalue weighted by molar-refractivity contribution is 9.10. The molecule has 0 aliphatic heterocycles. The van der Waals surface area contributed by atoms with E-state index in [2.05, 4.69) is 50.4 Å². The Hall–Kier alpha value is -1.46. The summed E-state index contributed by atoms with van der Waals surface area (Å²) >= 11 is 3.43. The first-order chi connectivity index (χ1) is 9.65. The van der Waals surface area contributed by atoms with Gasteiger partial charge in [0.1, 0.15) is 5.82 Å². The van der Waals surface area contributed by atoms with Gasteiger partial charge in [-0.05, 0) is 51.3 Å². The van der Waals surface area contributed by atoms with Gasteiger partial charge in [0.25, 0.3) is 0 Å². The van der Waals surface area contributed by atoms with Gasteiger partial charge in [0.15, 0.2) is 0 Å². The molecule has 0 bridgehead atoms. The third-order valence-corrected chi connectivity index (χ3v) is 3.42. The zero-order valence-electron chi connectivity index (χ0n) is 11.8. The molecule has 20 heavy (non-hydrogen) atoms. The Kier molecular flexibility index (Phi) is 5.49. The van der Waals surface area contributed by atoms with Crippen molar-refractivity contribution in [1.29, 1.82) is 0 Å². The van der Waals surface area contributed by atoms with Gasteiger partial charge in [-0.1, -0.05) is 28.1 Å². The van der Waals surface area contributed by atoms with Crippen LogP contribution in [-0.2, 0) is 0 Å². The molecule has 0 aliphatic carbocycles. The number of benzene rings is 1. The number of halogens is 1. The van der Waals surface area contributed by atoms with Crippen LogP contribution in [0.15, 0.2) is 40.9 Å². The predicted molar refractivity (Wildman–Crippen MR) is 86.8 cm³/mol. The van der Waals surface area contributed by atoms with Crippen LogP contribution in [0.25, 0.3) is 11.3 Å². The maximum Gasteiger partial charge on any atom is 0.148 e. The highest BCUT2D eigenvalue weighted by Crippen LogP contribution is 2.19. The van der Waals surface area contributed by atoms with Crippen molar-refractivity contribution in [3.8, 4) is 11.3 Å². The molecule has 2 aromatic rings. The van der Waals surface area contributed by atoms with Crippen LogP contribution in [0.5, 0.6) is 0 Å². The minimum Gasteiger partial charge on any atom is -0.369 e. The summed E-state index contributed by atoms with van der Waals surface area (Å²) in [6, 6.07) is 12.0. The quantitative estimate of drug-likeness (QED) is 0.823. The van der Waals surface area contributed by atoms with Gasteiger partial charge in [-0.3, -0.25) is 0 Å². The summed E-state index contributed by atoms with van der Waals surface area (Å²) in [5.74, 6) is 0.824. The minimum absolute atomic E-state index is 0.824. The van der Waals surface area contributed by atoms with E-state index in [0.717, 1.165) is 41.1 Å². The molecule has 0 radical (unpaired) electrons. The van der Waals surface area contributed by atoms with E-state index in [-0.39, 0.29) is 0 Å². The van der Waals surface area contributed by atoms with Crippen LogP contribution >= 0.6 is 15.9 Å². The van der Waals surface area contributed by atoms with E-state index >= 15 is 0 Å². The second kappa shape index (κ2) is 7.36. The third kappa shape index (κ3) is 4.58. The van der Waals surface area contributed by atoms with Crippen LogP contribution in [0.4, 0.5) is 5.82 Å². The number of rotatable bonds is 6. The monoisotopic (exact) mass is 334 g/mol. The second-order valence-corrected chi connectivity index (χ2v) is 5.81. The first kappa shape index (κ1) is 14.9. The number of aromatic nitrogens is 2. The minimum atomic E-state index is 0.824. The lowest BCUT2D eigenvalue weighted by Gasteiger charge is -2.10. The average molecular weight is 335 g/mol. The summed E-state index contributed by atoms with van der Waals surface area (Å²) in [6.45, 7) is 1.97. The molecule has 0 amide bonds. The molecule has 0 aliphatic rings. The Balaban J connectivity index is 1.91. The summed E-state index contributed by atoms with van der Waals surface area (Å²) in [5.41, 5.74) is 1.95. The van der Waals surface area contributed by atoms with Gasteiger partial charge in [-0.25, -0.2) is 0 Å². The fourth-order valence-corrected chi connectivity index (χ4v) is 2.08. The van der Waals surface area contributed by atoms with Crippen LogP contribution in [0.2, 0.25) is 0 Å². The van der Waals surface area contributed by atoms with Gasteiger partial charge < -0.3 is 10.2 Å². The number of nitrogens with zero attached hydrogens (tertiary/aromatic N) is 3. The van der Waals surface area contributed by atoms with Crippen molar-refractivity contribution in [3.05, 3.63) is 40.9 Å². The van der Waals surface area contributed by atoms with Crippen molar-refractivity contribution in [2.75, 3.05) is 32.5 Å². The van der Waals surface area contributed by atoms with E-state index in [1.165, 1.54) is 0 Å². The fourth-order valence-electron chi connectivity index (χ4n) is 1.81. The van der Waals surface area contributed by atoms with Gasteiger partial charge in [-0.15, -0.1) is 10.2 Å². The lowest BCUT2D eigenvalue weighted by atomic mass is 10.1. The number of nitrogens with one attached hydrogen (secondary N) is 1. The summed E-state index contributed by atoms with van der Waals surface area (Å²) in [6.07, 6.45) is 1.09. The normalized spacial score (nSPS) is 10.8. The molecule has 0 fully saturated rings. The molecule has 1 N–H and O–H groups in total. The van der Waals surface area contributed by atoms with Crippen LogP contribution in [0, 0.1) is 0 Å². The molecule has 5 heteroatoms. The van der Waals surface area contributed by atoms with Gasteiger partial charge in [0.05, 0.1) is 5.69 Å². The zero-order valence-corrected chi connectivity index (χ0v) is 13.4. The summed E-state index contributed by atoms with van der Waals surface area (Å²) in [7, 11) is 4.15. The molecule has 0 atom stereocenters. The van der Waals surface area contributed by atoms with Crippen molar-refractivity contribution in [2.45, 2.75) is 6.42 Å². The number of hydrogen-bond acceptors (Lipinski definition) is 4. The predicted octanol–water partition coefficient (Wildman–Crippen LogP) is 3.27. The first-order valence-electron chi connectivity index (χ1n) is 6.63. The Morgan fingerprint density at radius 3 is 2.40 bits per heavy atom. The molecular weight excluding hydrogens is 316 g/mol. The number of hydrogen-bond donors (Lipinski definition) is 1. The van der Waals surface area contributed by atoms with E-state index in [0.29, 0.717) is 0 Å². The average Bonchev–Trinajstić information content (AvgIpc) is 2.45. The molecule has 0 saturated heterocycles. The molecule has 4 nitrogen and oxygen atoms in total. The van der Waals surface area contributed by atoms with E-state index in [4.69, 9.17) is 0 Å². The standard InChI is InChI=1S/C15H19BrN4/c1-20(2)11-3-10-17-15-9-8-14(18-19-15)12-4-6-13(16)7-5-12/h4-9H,3,10-11H2,1-2H3,(H,17,19). The van der Waals surface area contributed by atoms with Crippen molar-refractivity contribution in [3.63, 3.8) is 0 Å². The lowest BCUT2D eigenvalue weighted by Crippen LogP contribution is -2.16. The van der Waals surface area contributed by atoms with Crippen molar-refractivity contribution >= 4 is 21.7 Å². The summed E-state index contributed by atoms with van der Waals surface area (Å²) in [4.78, 5) is 2.17. The lowest BCUT2D eigenvalue weighted by molar-refractivity contribution is 0.405. The molecular formula is C15H19BrN4. The van der Waals surface area contributed by atoms with Gasteiger partial charge in [0.2, 0.25) is 0 Å². The van der Waals surface area contributed by atoms with Gasteiger partial charge in [-0.2, -0.15) is 0 Å². The third-order valence-electron chi connectivity index (χ3n) is 2.89. The van der Waals surface area contributed by atoms with Crippen molar-refractivity contribution in [1.82, 2.24) is 15.1 Å². The molecule has 1 heterocycles. The van der Waals surface area contributed by atoms with Crippen LogP contribution < -0.4 is 5.32 Å². The highest BCUT2D eigenvalue weighted by atomic mass is 79.9. The SMILES string of the molecule is CN(C)CCCNc1ccc(-c2ccc(Br)cc2)nn1. The van der Waals surface area contributed by atoms with Crippen LogP contribution in [0.3, 0.4) is 0 Å².